The molecular weight excluding hydrogens is 287 g/mol. The highest BCUT2D eigenvalue weighted by Gasteiger charge is 2.51. The first kappa shape index (κ1) is 15.5. The Morgan fingerprint density at radius 2 is 2.29 bits per heavy atom. The number of ether oxygens (including phenoxy) is 1. The van der Waals surface area contributed by atoms with Gasteiger partial charge in [0.1, 0.15) is 6.61 Å². The lowest BCUT2D eigenvalue weighted by Crippen LogP contribution is -2.43. The van der Waals surface area contributed by atoms with E-state index in [2.05, 4.69) is 16.1 Å². The van der Waals surface area contributed by atoms with Gasteiger partial charge in [-0.15, -0.1) is 11.5 Å². The highest BCUT2D eigenvalue weighted by molar-refractivity contribution is 5.83. The molecule has 0 radical (unpaired) electrons. The van der Waals surface area contributed by atoms with Crippen LogP contribution in [0.3, 0.4) is 0 Å². The molecule has 2 atom stereocenters. The molecule has 114 valence electrons. The van der Waals surface area contributed by atoms with E-state index in [1.807, 2.05) is 0 Å². The fraction of sp³-hybridized carbons (Fsp3) is 0.615. The van der Waals surface area contributed by atoms with Crippen molar-refractivity contribution in [2.24, 2.45) is 16.1 Å². The van der Waals surface area contributed by atoms with E-state index in [4.69, 9.17) is 11.2 Å². The summed E-state index contributed by atoms with van der Waals surface area (Å²) in [5.41, 5.74) is -0.158. The van der Waals surface area contributed by atoms with Crippen LogP contribution in [0.15, 0.2) is 22.1 Å². The van der Waals surface area contributed by atoms with Gasteiger partial charge in [0.2, 0.25) is 0 Å². The number of azo groups is 1. The van der Waals surface area contributed by atoms with E-state index in [-0.39, 0.29) is 25.0 Å². The van der Waals surface area contributed by atoms with E-state index in [9.17, 15) is 18.0 Å². The van der Waals surface area contributed by atoms with E-state index in [0.717, 1.165) is 12.6 Å². The lowest BCUT2D eigenvalue weighted by Gasteiger charge is -2.33. The predicted octanol–water partition coefficient (Wildman–Crippen LogP) is 2.11. The van der Waals surface area contributed by atoms with E-state index in [1.165, 1.54) is 4.90 Å². The Bertz CT molecular complexity index is 508. The maximum absolute atomic E-state index is 13.1. The topological polar surface area (TPSA) is 54.3 Å². The van der Waals surface area contributed by atoms with Crippen LogP contribution in [0, 0.1) is 18.3 Å². The fourth-order valence-corrected chi connectivity index (χ4v) is 2.55. The van der Waals surface area contributed by atoms with Gasteiger partial charge in [-0.05, 0) is 12.8 Å². The summed E-state index contributed by atoms with van der Waals surface area (Å²) < 4.78 is 44.5. The van der Waals surface area contributed by atoms with Gasteiger partial charge in [-0.1, -0.05) is 5.92 Å². The minimum Gasteiger partial charge on any atom is -0.367 e. The number of amides is 1. The van der Waals surface area contributed by atoms with Gasteiger partial charge in [-0.2, -0.15) is 18.3 Å². The first-order valence-corrected chi connectivity index (χ1v) is 6.44. The lowest BCUT2D eigenvalue weighted by atomic mass is 10.0. The van der Waals surface area contributed by atoms with Gasteiger partial charge in [-0.3, -0.25) is 4.79 Å². The van der Waals surface area contributed by atoms with Gasteiger partial charge in [0.05, 0.1) is 24.5 Å². The molecule has 5 nitrogen and oxygen atoms in total. The molecule has 0 saturated carbocycles. The van der Waals surface area contributed by atoms with Gasteiger partial charge in [-0.25, -0.2) is 0 Å². The Hall–Kier alpha value is -1.88. The molecule has 0 aromatic rings. The van der Waals surface area contributed by atoms with Crippen LogP contribution in [0.4, 0.5) is 13.2 Å². The van der Waals surface area contributed by atoms with Crippen LogP contribution < -0.4 is 0 Å². The third-order valence-corrected chi connectivity index (χ3v) is 3.42. The second-order valence-electron chi connectivity index (χ2n) is 4.79. The minimum absolute atomic E-state index is 0.102. The van der Waals surface area contributed by atoms with Gasteiger partial charge in [0.15, 0.2) is 5.92 Å². The third-order valence-electron chi connectivity index (χ3n) is 3.42. The summed E-state index contributed by atoms with van der Waals surface area (Å²) in [7, 11) is 0. The van der Waals surface area contributed by atoms with Crippen molar-refractivity contribution in [2.45, 2.75) is 25.1 Å². The molecule has 0 aliphatic carbocycles. The molecule has 2 aliphatic heterocycles. The summed E-state index contributed by atoms with van der Waals surface area (Å²) >= 11 is 0. The Kier molecular flexibility index (Phi) is 4.63. The Balaban J connectivity index is 2.17. The average molecular weight is 301 g/mol. The molecule has 0 N–H and O–H groups in total. The molecule has 2 aliphatic rings. The van der Waals surface area contributed by atoms with Crippen LogP contribution >= 0.6 is 0 Å². The molecule has 0 spiro atoms. The number of hydrogen-bond acceptors (Lipinski definition) is 4. The monoisotopic (exact) mass is 301 g/mol. The molecule has 2 heterocycles. The third kappa shape index (κ3) is 3.42. The Morgan fingerprint density at radius 3 is 2.95 bits per heavy atom. The number of rotatable bonds is 4. The van der Waals surface area contributed by atoms with Gasteiger partial charge in [0.25, 0.3) is 5.91 Å². The van der Waals surface area contributed by atoms with Crippen molar-refractivity contribution >= 4 is 5.91 Å². The summed E-state index contributed by atoms with van der Waals surface area (Å²) in [4.78, 5) is 13.0. The van der Waals surface area contributed by atoms with E-state index in [1.54, 1.807) is 0 Å². The molecule has 2 rings (SSSR count). The predicted molar refractivity (Wildman–Crippen MR) is 66.9 cm³/mol. The normalized spacial score (nSPS) is 25.9. The summed E-state index contributed by atoms with van der Waals surface area (Å²) in [5.74, 6) is -1.23. The molecule has 21 heavy (non-hydrogen) atoms. The number of terminal acetylenes is 1. The zero-order chi connectivity index (χ0) is 15.5. The molecule has 0 aromatic heterocycles. The first-order chi connectivity index (χ1) is 9.95. The number of alkyl halides is 3. The number of carbonyl (C=O) groups is 1. The van der Waals surface area contributed by atoms with Crippen molar-refractivity contribution in [3.05, 3.63) is 11.9 Å². The maximum Gasteiger partial charge on any atom is 0.406 e. The molecule has 1 fully saturated rings. The van der Waals surface area contributed by atoms with Crippen LogP contribution in [-0.4, -0.2) is 42.8 Å². The molecule has 1 unspecified atom stereocenters. The van der Waals surface area contributed by atoms with Crippen LogP contribution in [0.25, 0.3) is 0 Å². The summed E-state index contributed by atoms with van der Waals surface area (Å²) in [6.45, 7) is 0.744. The SMILES string of the molecule is C#CCOC[C@@H]1CCCN1C1=CN=NC(=O)C1C(F)(F)F. The van der Waals surface area contributed by atoms with E-state index in [0.29, 0.717) is 13.0 Å². The Labute approximate surface area is 119 Å². The van der Waals surface area contributed by atoms with Crippen LogP contribution in [0.2, 0.25) is 0 Å². The largest absolute Gasteiger partial charge is 0.406 e. The first-order valence-electron chi connectivity index (χ1n) is 6.44. The summed E-state index contributed by atoms with van der Waals surface area (Å²) in [6, 6.07) is -0.240. The van der Waals surface area contributed by atoms with Gasteiger partial charge < -0.3 is 9.64 Å². The highest BCUT2D eigenvalue weighted by atomic mass is 19.4. The average Bonchev–Trinajstić information content (AvgIpc) is 2.85. The molecule has 1 saturated heterocycles. The second-order valence-corrected chi connectivity index (χ2v) is 4.79. The number of hydrogen-bond donors (Lipinski definition) is 0. The van der Waals surface area contributed by atoms with E-state index < -0.39 is 18.0 Å². The van der Waals surface area contributed by atoms with Crippen molar-refractivity contribution in [3.8, 4) is 12.3 Å². The minimum atomic E-state index is -4.69. The quantitative estimate of drug-likeness (QED) is 0.590. The van der Waals surface area contributed by atoms with Gasteiger partial charge in [0, 0.05) is 6.54 Å². The molecular formula is C13H14F3N3O2. The lowest BCUT2D eigenvalue weighted by molar-refractivity contribution is -0.177. The fourth-order valence-electron chi connectivity index (χ4n) is 2.55. The number of likely N-dealkylation sites (tertiary alicyclic amines) is 1. The molecule has 1 amide bonds. The Morgan fingerprint density at radius 1 is 1.52 bits per heavy atom. The number of halogens is 3. The summed E-state index contributed by atoms with van der Waals surface area (Å²) in [6.07, 6.45) is 2.79. The number of nitrogens with zero attached hydrogens (tertiary/aromatic N) is 3. The summed E-state index contributed by atoms with van der Waals surface area (Å²) in [5, 5.41) is 6.38. The molecule has 0 aromatic carbocycles. The second kappa shape index (κ2) is 6.26. The zero-order valence-corrected chi connectivity index (χ0v) is 11.1. The van der Waals surface area contributed by atoms with E-state index >= 15 is 0 Å². The van der Waals surface area contributed by atoms with Crippen molar-refractivity contribution in [2.75, 3.05) is 19.8 Å². The highest BCUT2D eigenvalue weighted by Crippen LogP contribution is 2.39. The standard InChI is InChI=1S/C13H14F3N3O2/c1-2-6-21-8-9-4-3-5-19(9)10-7-17-18-12(20)11(10)13(14,15)16/h1,7,9,11H,3-6,8H2/t9-,11?/m0/s1. The zero-order valence-electron chi connectivity index (χ0n) is 11.1. The smallest absolute Gasteiger partial charge is 0.367 e. The van der Waals surface area contributed by atoms with Crippen molar-refractivity contribution in [1.82, 2.24) is 4.90 Å². The maximum atomic E-state index is 13.1. The van der Waals surface area contributed by atoms with Gasteiger partial charge >= 0.3 is 6.18 Å². The molecule has 0 bridgehead atoms. The number of carbonyl (C=O) groups excluding carboxylic acids is 1. The van der Waals surface area contributed by atoms with Crippen molar-refractivity contribution < 1.29 is 22.7 Å². The van der Waals surface area contributed by atoms with Crippen LogP contribution in [-0.2, 0) is 9.53 Å². The van der Waals surface area contributed by atoms with Crippen molar-refractivity contribution in [1.29, 1.82) is 0 Å². The van der Waals surface area contributed by atoms with Crippen LogP contribution in [0.1, 0.15) is 12.8 Å². The molecule has 8 heteroatoms. The van der Waals surface area contributed by atoms with Crippen LogP contribution in [0.5, 0.6) is 0 Å². The van der Waals surface area contributed by atoms with Crippen molar-refractivity contribution in [3.63, 3.8) is 0 Å².